The van der Waals surface area contributed by atoms with Crippen molar-refractivity contribution in [1.82, 2.24) is 20.1 Å². The van der Waals surface area contributed by atoms with Gasteiger partial charge in [-0.05, 0) is 42.0 Å². The van der Waals surface area contributed by atoms with Crippen molar-refractivity contribution < 1.29 is 8.91 Å². The molecule has 0 radical (unpaired) electrons. The van der Waals surface area contributed by atoms with Gasteiger partial charge in [-0.15, -0.1) is 0 Å². The molecular formula is C21H18FN5O. The van der Waals surface area contributed by atoms with Crippen LogP contribution in [0.15, 0.2) is 71.5 Å². The molecule has 0 aliphatic heterocycles. The predicted octanol–water partition coefficient (Wildman–Crippen LogP) is 3.89. The van der Waals surface area contributed by atoms with Crippen LogP contribution in [0.25, 0.3) is 11.5 Å². The summed E-state index contributed by atoms with van der Waals surface area (Å²) in [4.78, 5) is 15.2. The van der Waals surface area contributed by atoms with Gasteiger partial charge in [-0.3, -0.25) is 4.98 Å². The minimum Gasteiger partial charge on any atom is -0.354 e. The Morgan fingerprint density at radius 1 is 1.00 bits per heavy atom. The van der Waals surface area contributed by atoms with E-state index in [1.807, 2.05) is 42.3 Å². The lowest BCUT2D eigenvalue weighted by molar-refractivity contribution is 0.424. The van der Waals surface area contributed by atoms with E-state index in [1.54, 1.807) is 24.5 Å². The molecule has 0 fully saturated rings. The highest BCUT2D eigenvalue weighted by molar-refractivity contribution is 5.54. The molecule has 140 valence electrons. The fourth-order valence-corrected chi connectivity index (χ4v) is 2.78. The molecule has 28 heavy (non-hydrogen) atoms. The van der Waals surface area contributed by atoms with Crippen molar-refractivity contribution in [2.45, 2.75) is 13.0 Å². The summed E-state index contributed by atoms with van der Waals surface area (Å²) in [5.41, 5.74) is 2.63. The minimum atomic E-state index is -0.267. The van der Waals surface area contributed by atoms with Crippen LogP contribution in [0.4, 0.5) is 10.2 Å². The zero-order valence-electron chi connectivity index (χ0n) is 15.3. The third-order valence-corrected chi connectivity index (χ3v) is 4.25. The van der Waals surface area contributed by atoms with Gasteiger partial charge in [-0.1, -0.05) is 23.4 Å². The molecular weight excluding hydrogens is 357 g/mol. The first-order valence-corrected chi connectivity index (χ1v) is 8.82. The summed E-state index contributed by atoms with van der Waals surface area (Å²) >= 11 is 0. The van der Waals surface area contributed by atoms with Crippen LogP contribution in [0.2, 0.25) is 0 Å². The topological polar surface area (TPSA) is 67.9 Å². The van der Waals surface area contributed by atoms with Crippen LogP contribution in [0.1, 0.15) is 17.1 Å². The largest absolute Gasteiger partial charge is 0.354 e. The highest BCUT2D eigenvalue weighted by Gasteiger charge is 2.11. The maximum absolute atomic E-state index is 13.0. The van der Waals surface area contributed by atoms with Gasteiger partial charge in [-0.25, -0.2) is 9.37 Å². The van der Waals surface area contributed by atoms with E-state index in [2.05, 4.69) is 20.1 Å². The Bertz CT molecular complexity index is 1030. The summed E-state index contributed by atoms with van der Waals surface area (Å²) in [6.07, 6.45) is 3.96. The van der Waals surface area contributed by atoms with E-state index in [-0.39, 0.29) is 5.82 Å². The summed E-state index contributed by atoms with van der Waals surface area (Å²) in [6.45, 7) is 0.662. The van der Waals surface area contributed by atoms with Crippen molar-refractivity contribution in [2.24, 2.45) is 0 Å². The maximum atomic E-state index is 13.0. The number of rotatable bonds is 6. The van der Waals surface area contributed by atoms with E-state index >= 15 is 0 Å². The average molecular weight is 375 g/mol. The van der Waals surface area contributed by atoms with Crippen molar-refractivity contribution in [1.29, 1.82) is 0 Å². The number of hydrogen-bond donors (Lipinski definition) is 0. The SMILES string of the molecule is CN(Cc1ccccn1)c1ccc(-c2nc(Cc3ccc(F)cc3)no2)cn1. The minimum absolute atomic E-state index is 0.267. The monoisotopic (exact) mass is 375 g/mol. The summed E-state index contributed by atoms with van der Waals surface area (Å²) in [7, 11) is 1.96. The number of nitrogens with zero attached hydrogens (tertiary/aromatic N) is 5. The van der Waals surface area contributed by atoms with Gasteiger partial charge in [0.25, 0.3) is 5.89 Å². The Hall–Kier alpha value is -3.61. The van der Waals surface area contributed by atoms with Gasteiger partial charge in [-0.2, -0.15) is 4.98 Å². The van der Waals surface area contributed by atoms with Crippen LogP contribution in [0.3, 0.4) is 0 Å². The van der Waals surface area contributed by atoms with Crippen molar-refractivity contribution in [2.75, 3.05) is 11.9 Å². The smallest absolute Gasteiger partial charge is 0.259 e. The maximum Gasteiger partial charge on any atom is 0.259 e. The third-order valence-electron chi connectivity index (χ3n) is 4.25. The average Bonchev–Trinajstić information content (AvgIpc) is 3.19. The Morgan fingerprint density at radius 2 is 1.86 bits per heavy atom. The molecule has 4 rings (SSSR count). The van der Waals surface area contributed by atoms with Crippen molar-refractivity contribution in [3.63, 3.8) is 0 Å². The zero-order chi connectivity index (χ0) is 19.3. The van der Waals surface area contributed by atoms with Gasteiger partial charge in [0.1, 0.15) is 11.6 Å². The lowest BCUT2D eigenvalue weighted by Gasteiger charge is -2.17. The van der Waals surface area contributed by atoms with Crippen LogP contribution < -0.4 is 4.90 Å². The van der Waals surface area contributed by atoms with Crippen molar-refractivity contribution >= 4 is 5.82 Å². The molecule has 0 spiro atoms. The molecule has 0 aliphatic rings. The van der Waals surface area contributed by atoms with E-state index in [0.717, 1.165) is 22.6 Å². The van der Waals surface area contributed by atoms with Gasteiger partial charge >= 0.3 is 0 Å². The van der Waals surface area contributed by atoms with Crippen LogP contribution in [-0.4, -0.2) is 27.2 Å². The number of hydrogen-bond acceptors (Lipinski definition) is 6. The van der Waals surface area contributed by atoms with E-state index in [4.69, 9.17) is 4.52 Å². The molecule has 7 heteroatoms. The van der Waals surface area contributed by atoms with E-state index < -0.39 is 0 Å². The predicted molar refractivity (Wildman–Crippen MR) is 103 cm³/mol. The van der Waals surface area contributed by atoms with Crippen molar-refractivity contribution in [3.05, 3.63) is 89.9 Å². The molecule has 0 aliphatic carbocycles. The second kappa shape index (κ2) is 7.96. The van der Waals surface area contributed by atoms with Crippen LogP contribution in [0, 0.1) is 5.82 Å². The number of pyridine rings is 2. The Morgan fingerprint density at radius 3 is 2.57 bits per heavy atom. The Labute approximate surface area is 161 Å². The molecule has 0 saturated heterocycles. The third kappa shape index (κ3) is 4.20. The molecule has 0 unspecified atom stereocenters. The number of anilines is 1. The van der Waals surface area contributed by atoms with Crippen LogP contribution in [-0.2, 0) is 13.0 Å². The van der Waals surface area contributed by atoms with E-state index in [0.29, 0.717) is 24.7 Å². The van der Waals surface area contributed by atoms with Gasteiger partial charge in [0.05, 0.1) is 17.8 Å². The van der Waals surface area contributed by atoms with Gasteiger partial charge < -0.3 is 9.42 Å². The number of aromatic nitrogens is 4. The van der Waals surface area contributed by atoms with E-state index in [1.165, 1.54) is 12.1 Å². The standard InChI is InChI=1S/C21H18FN5O/c1-27(14-18-4-2-3-11-23-18)20-10-7-16(13-24-20)21-25-19(26-28-21)12-15-5-8-17(22)9-6-15/h2-11,13H,12,14H2,1H3. The lowest BCUT2D eigenvalue weighted by Crippen LogP contribution is -2.18. The highest BCUT2D eigenvalue weighted by Crippen LogP contribution is 2.20. The molecule has 0 saturated carbocycles. The van der Waals surface area contributed by atoms with Gasteiger partial charge in [0, 0.05) is 25.9 Å². The molecule has 4 aromatic rings. The van der Waals surface area contributed by atoms with Gasteiger partial charge in [0.2, 0.25) is 0 Å². The molecule has 6 nitrogen and oxygen atoms in total. The number of benzene rings is 1. The number of halogens is 1. The molecule has 3 aromatic heterocycles. The molecule has 0 bridgehead atoms. The van der Waals surface area contributed by atoms with E-state index in [9.17, 15) is 4.39 Å². The summed E-state index contributed by atoms with van der Waals surface area (Å²) in [5, 5.41) is 4.00. The Balaban J connectivity index is 1.44. The first-order chi connectivity index (χ1) is 13.7. The van der Waals surface area contributed by atoms with Crippen LogP contribution in [0.5, 0.6) is 0 Å². The molecule has 0 N–H and O–H groups in total. The quantitative estimate of drug-likeness (QED) is 0.509. The fourth-order valence-electron chi connectivity index (χ4n) is 2.78. The highest BCUT2D eigenvalue weighted by atomic mass is 19.1. The second-order valence-electron chi connectivity index (χ2n) is 6.40. The molecule has 0 atom stereocenters. The van der Waals surface area contributed by atoms with Gasteiger partial charge in [0.15, 0.2) is 5.82 Å². The van der Waals surface area contributed by atoms with Crippen LogP contribution >= 0.6 is 0 Å². The fraction of sp³-hybridized carbons (Fsp3) is 0.143. The molecule has 0 amide bonds. The summed E-state index contributed by atoms with van der Waals surface area (Å²) < 4.78 is 18.3. The second-order valence-corrected chi connectivity index (χ2v) is 6.40. The first-order valence-electron chi connectivity index (χ1n) is 8.82. The zero-order valence-corrected chi connectivity index (χ0v) is 15.3. The van der Waals surface area contributed by atoms with Crippen molar-refractivity contribution in [3.8, 4) is 11.5 Å². The molecule has 3 heterocycles. The summed E-state index contributed by atoms with van der Waals surface area (Å²) in [6, 6.07) is 15.9. The first kappa shape index (κ1) is 17.8. The normalized spacial score (nSPS) is 10.8. The Kier molecular flexibility index (Phi) is 5.05. The lowest BCUT2D eigenvalue weighted by atomic mass is 10.1. The summed E-state index contributed by atoms with van der Waals surface area (Å²) in [5.74, 6) is 1.50. The molecule has 1 aromatic carbocycles.